The highest BCUT2D eigenvalue weighted by Crippen LogP contribution is 2.38. The summed E-state index contributed by atoms with van der Waals surface area (Å²) in [5.74, 6) is 1.09. The molecule has 2 aromatic heterocycles. The smallest absolute Gasteiger partial charge is 0.309 e. The second kappa shape index (κ2) is 10.1. The molecule has 0 atom stereocenters. The average molecular weight is 569 g/mol. The third kappa shape index (κ3) is 4.62. The fraction of sp³-hybridized carbons (Fsp3) is 0.281. The number of aliphatic carboxylic acids is 1. The number of rotatable bonds is 6. The van der Waals surface area contributed by atoms with Gasteiger partial charge in [-0.25, -0.2) is 9.97 Å². The number of carboxylic acid groups (broad SMARTS) is 1. The number of carboxylic acids is 1. The number of aromatic nitrogens is 2. The zero-order valence-corrected chi connectivity index (χ0v) is 23.6. The number of halogens is 1. The van der Waals surface area contributed by atoms with Crippen LogP contribution in [0.3, 0.4) is 0 Å². The van der Waals surface area contributed by atoms with Crippen molar-refractivity contribution in [3.05, 3.63) is 81.7 Å². The number of benzene rings is 3. The minimum absolute atomic E-state index is 0.301. The van der Waals surface area contributed by atoms with Crippen LogP contribution in [-0.4, -0.2) is 45.6 Å². The van der Waals surface area contributed by atoms with Crippen molar-refractivity contribution in [2.75, 3.05) is 19.6 Å². The Hall–Kier alpha value is -3.98. The molecule has 1 fully saturated rings. The van der Waals surface area contributed by atoms with Crippen molar-refractivity contribution in [1.29, 1.82) is 0 Å². The van der Waals surface area contributed by atoms with Gasteiger partial charge in [-0.15, -0.1) is 0 Å². The van der Waals surface area contributed by atoms with Crippen LogP contribution >= 0.6 is 11.6 Å². The first kappa shape index (κ1) is 26.0. The summed E-state index contributed by atoms with van der Waals surface area (Å²) in [5, 5.41) is 13.0. The fourth-order valence-electron chi connectivity index (χ4n) is 5.93. The van der Waals surface area contributed by atoms with Gasteiger partial charge in [-0.1, -0.05) is 35.9 Å². The molecular weight excluding hydrogens is 540 g/mol. The quantitative estimate of drug-likeness (QED) is 0.248. The van der Waals surface area contributed by atoms with E-state index in [-0.39, 0.29) is 5.92 Å². The first-order valence-electron chi connectivity index (χ1n) is 13.8. The first-order chi connectivity index (χ1) is 19.9. The van der Waals surface area contributed by atoms with E-state index in [1.165, 1.54) is 0 Å². The summed E-state index contributed by atoms with van der Waals surface area (Å²) < 4.78 is 12.4. The van der Waals surface area contributed by atoms with Gasteiger partial charge in [-0.3, -0.25) is 9.69 Å². The zero-order chi connectivity index (χ0) is 28.2. The molecule has 0 unspecified atom stereocenters. The van der Waals surface area contributed by atoms with Crippen LogP contribution in [0.25, 0.3) is 45.1 Å². The van der Waals surface area contributed by atoms with E-state index in [4.69, 9.17) is 35.5 Å². The highest BCUT2D eigenvalue weighted by molar-refractivity contribution is 6.34. The van der Waals surface area contributed by atoms with Crippen LogP contribution in [0.1, 0.15) is 28.1 Å². The summed E-state index contributed by atoms with van der Waals surface area (Å²) in [6.07, 6.45) is 0.849. The standard InChI is InChI=1S/C32H29ClN4O4/c1-17-21(5-3-7-23(17)30-36-27-13-34-10-9-28(27)40-30)22-6-4-8-24(18(22)2)31-35-26-12-19(11-25(33)29(26)41-31)14-37-15-20(16-37)32(38)39/h3-8,11-12,20,34H,9-10,13-16H2,1-2H3,(H,38,39). The van der Waals surface area contributed by atoms with Crippen molar-refractivity contribution in [3.63, 3.8) is 0 Å². The summed E-state index contributed by atoms with van der Waals surface area (Å²) in [4.78, 5) is 22.8. The Morgan fingerprint density at radius 2 is 1.66 bits per heavy atom. The number of fused-ring (bicyclic) bond motifs is 2. The van der Waals surface area contributed by atoms with Gasteiger partial charge >= 0.3 is 5.97 Å². The third-order valence-corrected chi connectivity index (χ3v) is 8.52. The summed E-state index contributed by atoms with van der Waals surface area (Å²) in [5.41, 5.74) is 9.40. The van der Waals surface area contributed by atoms with Gasteiger partial charge < -0.3 is 19.3 Å². The molecule has 2 aliphatic heterocycles. The van der Waals surface area contributed by atoms with Crippen molar-refractivity contribution < 1.29 is 18.7 Å². The molecule has 1 saturated heterocycles. The van der Waals surface area contributed by atoms with E-state index in [1.54, 1.807) is 0 Å². The van der Waals surface area contributed by atoms with Crippen LogP contribution in [-0.2, 0) is 24.3 Å². The molecule has 0 saturated carbocycles. The van der Waals surface area contributed by atoms with Crippen molar-refractivity contribution in [1.82, 2.24) is 20.2 Å². The maximum Gasteiger partial charge on any atom is 0.309 e. The number of nitrogens with zero attached hydrogens (tertiary/aromatic N) is 3. The number of carbonyl (C=O) groups is 1. The topological polar surface area (TPSA) is 105 Å². The lowest BCUT2D eigenvalue weighted by Gasteiger charge is -2.36. The molecule has 0 radical (unpaired) electrons. The number of oxazole rings is 2. The van der Waals surface area contributed by atoms with Gasteiger partial charge in [-0.2, -0.15) is 0 Å². The molecule has 0 amide bonds. The van der Waals surface area contributed by atoms with E-state index in [9.17, 15) is 4.79 Å². The lowest BCUT2D eigenvalue weighted by molar-refractivity contribution is -0.147. The van der Waals surface area contributed by atoms with Gasteiger partial charge in [0, 0.05) is 50.3 Å². The van der Waals surface area contributed by atoms with Crippen molar-refractivity contribution in [3.8, 4) is 34.0 Å². The Labute approximate surface area is 242 Å². The maximum absolute atomic E-state index is 11.1. The maximum atomic E-state index is 11.1. The second-order valence-corrected chi connectivity index (χ2v) is 11.4. The number of hydrogen-bond acceptors (Lipinski definition) is 7. The fourth-order valence-corrected chi connectivity index (χ4v) is 6.20. The molecule has 3 aromatic carbocycles. The Bertz CT molecular complexity index is 1790. The van der Waals surface area contributed by atoms with Gasteiger partial charge in [0.15, 0.2) is 5.58 Å². The van der Waals surface area contributed by atoms with E-state index in [0.717, 1.165) is 69.9 Å². The van der Waals surface area contributed by atoms with Crippen LogP contribution in [0.15, 0.2) is 57.4 Å². The molecule has 0 aliphatic carbocycles. The lowest BCUT2D eigenvalue weighted by Crippen LogP contribution is -2.49. The van der Waals surface area contributed by atoms with Crippen molar-refractivity contribution in [2.24, 2.45) is 5.92 Å². The van der Waals surface area contributed by atoms with E-state index >= 15 is 0 Å². The highest BCUT2D eigenvalue weighted by Gasteiger charge is 2.32. The Morgan fingerprint density at radius 1 is 1.00 bits per heavy atom. The van der Waals surface area contributed by atoms with Gasteiger partial charge in [-0.05, 0) is 65.9 Å². The SMILES string of the molecule is Cc1c(-c2nc3c(o2)CCNC3)cccc1-c1cccc(-c2nc3cc(CN4CC(C(=O)O)C4)cc(Cl)c3o2)c1C. The van der Waals surface area contributed by atoms with Crippen LogP contribution in [0.4, 0.5) is 0 Å². The van der Waals surface area contributed by atoms with Crippen molar-refractivity contribution >= 4 is 28.7 Å². The number of nitrogens with one attached hydrogen (secondary N) is 1. The van der Waals surface area contributed by atoms with Gasteiger partial charge in [0.1, 0.15) is 11.3 Å². The predicted molar refractivity (Wildman–Crippen MR) is 157 cm³/mol. The average Bonchev–Trinajstić information content (AvgIpc) is 3.55. The van der Waals surface area contributed by atoms with Gasteiger partial charge in [0.2, 0.25) is 11.8 Å². The molecule has 0 spiro atoms. The summed E-state index contributed by atoms with van der Waals surface area (Å²) >= 11 is 6.62. The zero-order valence-electron chi connectivity index (χ0n) is 22.8. The number of hydrogen-bond donors (Lipinski definition) is 2. The largest absolute Gasteiger partial charge is 0.481 e. The van der Waals surface area contributed by atoms with Crippen LogP contribution in [0.2, 0.25) is 5.02 Å². The third-order valence-electron chi connectivity index (χ3n) is 8.24. The molecular formula is C32H29ClN4O4. The molecule has 208 valence electrons. The molecule has 41 heavy (non-hydrogen) atoms. The molecule has 2 aliphatic rings. The van der Waals surface area contributed by atoms with Crippen LogP contribution in [0.5, 0.6) is 0 Å². The molecule has 4 heterocycles. The Morgan fingerprint density at radius 3 is 2.32 bits per heavy atom. The van der Waals surface area contributed by atoms with Crippen molar-refractivity contribution in [2.45, 2.75) is 33.4 Å². The Balaban J connectivity index is 1.21. The first-order valence-corrected chi connectivity index (χ1v) is 14.2. The van der Waals surface area contributed by atoms with Gasteiger partial charge in [0.25, 0.3) is 0 Å². The normalized spacial score (nSPS) is 15.7. The van der Waals surface area contributed by atoms with Gasteiger partial charge in [0.05, 0.1) is 16.6 Å². The molecule has 0 bridgehead atoms. The van der Waals surface area contributed by atoms with E-state index in [2.05, 4.69) is 42.3 Å². The summed E-state index contributed by atoms with van der Waals surface area (Å²) in [6.45, 7) is 7.52. The minimum atomic E-state index is -0.746. The Kier molecular flexibility index (Phi) is 6.42. The molecule has 7 rings (SSSR count). The summed E-state index contributed by atoms with van der Waals surface area (Å²) in [7, 11) is 0. The van der Waals surface area contributed by atoms with E-state index in [0.29, 0.717) is 47.5 Å². The highest BCUT2D eigenvalue weighted by atomic mass is 35.5. The second-order valence-electron chi connectivity index (χ2n) is 10.9. The van der Waals surface area contributed by atoms with Crippen LogP contribution < -0.4 is 5.32 Å². The molecule has 5 aromatic rings. The molecule has 8 nitrogen and oxygen atoms in total. The van der Waals surface area contributed by atoms with Crippen LogP contribution in [0, 0.1) is 19.8 Å². The number of likely N-dealkylation sites (tertiary alicyclic amines) is 1. The molecule has 9 heteroatoms. The molecule has 2 N–H and O–H groups in total. The van der Waals surface area contributed by atoms with E-state index < -0.39 is 5.97 Å². The predicted octanol–water partition coefficient (Wildman–Crippen LogP) is 6.25. The lowest BCUT2D eigenvalue weighted by atomic mass is 9.91. The summed E-state index contributed by atoms with van der Waals surface area (Å²) in [6, 6.07) is 16.2. The monoisotopic (exact) mass is 568 g/mol. The minimum Gasteiger partial charge on any atom is -0.481 e. The van der Waals surface area contributed by atoms with E-state index in [1.807, 2.05) is 30.3 Å².